The minimum atomic E-state index is -1.01. The van der Waals surface area contributed by atoms with E-state index in [1.165, 1.54) is 11.6 Å². The maximum atomic E-state index is 11.6. The van der Waals surface area contributed by atoms with Gasteiger partial charge in [-0.25, -0.2) is 4.79 Å². The van der Waals surface area contributed by atoms with E-state index in [1.54, 1.807) is 30.3 Å². The van der Waals surface area contributed by atoms with Gasteiger partial charge >= 0.3 is 6.03 Å². The summed E-state index contributed by atoms with van der Waals surface area (Å²) < 4.78 is 5.71. The van der Waals surface area contributed by atoms with Crippen LogP contribution in [0.3, 0.4) is 0 Å². The SMILES string of the molecule is Cc1cccc(COc2ccc(/C=C(/C#N)C(=O)NC(N)=O)cc2)c1. The summed E-state index contributed by atoms with van der Waals surface area (Å²) in [4.78, 5) is 22.3. The number of carbonyl (C=O) groups is 2. The maximum Gasteiger partial charge on any atom is 0.319 e. The highest BCUT2D eigenvalue weighted by Crippen LogP contribution is 2.16. The van der Waals surface area contributed by atoms with E-state index in [1.807, 2.05) is 36.5 Å². The second kappa shape index (κ2) is 8.31. The van der Waals surface area contributed by atoms with E-state index in [2.05, 4.69) is 0 Å². The monoisotopic (exact) mass is 335 g/mol. The molecule has 3 N–H and O–H groups in total. The summed E-state index contributed by atoms with van der Waals surface area (Å²) in [7, 11) is 0. The van der Waals surface area contributed by atoms with Crippen LogP contribution in [0.4, 0.5) is 4.79 Å². The van der Waals surface area contributed by atoms with Gasteiger partial charge in [-0.2, -0.15) is 5.26 Å². The first-order valence-corrected chi connectivity index (χ1v) is 7.49. The number of nitrogens with zero attached hydrogens (tertiary/aromatic N) is 1. The molecule has 0 aliphatic heterocycles. The van der Waals surface area contributed by atoms with Gasteiger partial charge in [0.25, 0.3) is 5.91 Å². The highest BCUT2D eigenvalue weighted by molar-refractivity contribution is 6.08. The van der Waals surface area contributed by atoms with Crippen molar-refractivity contribution < 1.29 is 14.3 Å². The van der Waals surface area contributed by atoms with Crippen LogP contribution in [0.1, 0.15) is 16.7 Å². The number of benzene rings is 2. The van der Waals surface area contributed by atoms with E-state index >= 15 is 0 Å². The number of aryl methyl sites for hydroxylation is 1. The smallest absolute Gasteiger partial charge is 0.319 e. The number of nitrogens with two attached hydrogens (primary N) is 1. The summed E-state index contributed by atoms with van der Waals surface area (Å²) in [5, 5.41) is 10.9. The highest BCUT2D eigenvalue weighted by atomic mass is 16.5. The normalized spacial score (nSPS) is 10.6. The van der Waals surface area contributed by atoms with Crippen LogP contribution in [0.25, 0.3) is 6.08 Å². The maximum absolute atomic E-state index is 11.6. The second-order valence-electron chi connectivity index (χ2n) is 5.33. The average molecular weight is 335 g/mol. The van der Waals surface area contributed by atoms with Gasteiger partial charge in [0.05, 0.1) is 0 Å². The molecule has 126 valence electrons. The lowest BCUT2D eigenvalue weighted by atomic mass is 10.1. The molecule has 0 bridgehead atoms. The number of hydrogen-bond acceptors (Lipinski definition) is 4. The fraction of sp³-hybridized carbons (Fsp3) is 0.105. The molecule has 0 atom stereocenters. The Hall–Kier alpha value is -3.59. The molecule has 25 heavy (non-hydrogen) atoms. The molecule has 0 spiro atoms. The molecule has 0 heterocycles. The summed E-state index contributed by atoms with van der Waals surface area (Å²) in [5.74, 6) is -0.173. The quantitative estimate of drug-likeness (QED) is 0.647. The molecule has 0 saturated heterocycles. The van der Waals surface area contributed by atoms with Gasteiger partial charge in [0.15, 0.2) is 0 Å². The first kappa shape index (κ1) is 17.8. The van der Waals surface area contributed by atoms with Crippen molar-refractivity contribution in [2.45, 2.75) is 13.5 Å². The first-order valence-electron chi connectivity index (χ1n) is 7.49. The van der Waals surface area contributed by atoms with Crippen LogP contribution in [0.2, 0.25) is 0 Å². The Morgan fingerprint density at radius 1 is 1.24 bits per heavy atom. The third kappa shape index (κ3) is 5.52. The van der Waals surface area contributed by atoms with Crippen LogP contribution in [0, 0.1) is 18.3 Å². The number of ether oxygens (including phenoxy) is 1. The molecule has 0 aromatic heterocycles. The summed E-state index contributed by atoms with van der Waals surface area (Å²) in [6.07, 6.45) is 1.36. The average Bonchev–Trinajstić information content (AvgIpc) is 2.58. The van der Waals surface area contributed by atoms with E-state index in [0.29, 0.717) is 17.9 Å². The van der Waals surface area contributed by atoms with Gasteiger partial charge in [0, 0.05) is 0 Å². The van der Waals surface area contributed by atoms with Gasteiger partial charge in [0.2, 0.25) is 0 Å². The third-order valence-electron chi connectivity index (χ3n) is 3.28. The molecule has 0 fully saturated rings. The summed E-state index contributed by atoms with van der Waals surface area (Å²) >= 11 is 0. The number of nitrogens with one attached hydrogen (secondary N) is 1. The summed E-state index contributed by atoms with van der Waals surface area (Å²) in [6.45, 7) is 2.47. The fourth-order valence-electron chi connectivity index (χ4n) is 2.12. The number of amides is 3. The van der Waals surface area contributed by atoms with Crippen molar-refractivity contribution in [3.63, 3.8) is 0 Å². The van der Waals surface area contributed by atoms with Crippen molar-refractivity contribution in [1.29, 1.82) is 5.26 Å². The van der Waals surface area contributed by atoms with Crippen molar-refractivity contribution in [2.24, 2.45) is 5.73 Å². The Labute approximate surface area is 145 Å². The van der Waals surface area contributed by atoms with Crippen LogP contribution in [-0.2, 0) is 11.4 Å². The number of hydrogen-bond donors (Lipinski definition) is 2. The first-order chi connectivity index (χ1) is 12.0. The zero-order valence-electron chi connectivity index (χ0n) is 13.7. The number of rotatable bonds is 5. The predicted molar refractivity (Wildman–Crippen MR) is 93.3 cm³/mol. The van der Waals surface area contributed by atoms with Crippen LogP contribution < -0.4 is 15.8 Å². The van der Waals surface area contributed by atoms with Gasteiger partial charge < -0.3 is 10.5 Å². The Bertz CT molecular complexity index is 849. The lowest BCUT2D eigenvalue weighted by molar-refractivity contribution is -0.115. The largest absolute Gasteiger partial charge is 0.489 e. The molecule has 0 aliphatic rings. The number of primary amides is 1. The summed E-state index contributed by atoms with van der Waals surface area (Å²) in [6, 6.07) is 15.6. The minimum Gasteiger partial charge on any atom is -0.489 e. The van der Waals surface area contributed by atoms with Crippen molar-refractivity contribution in [3.8, 4) is 11.8 Å². The Morgan fingerprint density at radius 3 is 2.56 bits per heavy atom. The van der Waals surface area contributed by atoms with Crippen LogP contribution in [-0.4, -0.2) is 11.9 Å². The number of urea groups is 1. The van der Waals surface area contributed by atoms with Gasteiger partial charge in [-0.3, -0.25) is 10.1 Å². The number of carbonyl (C=O) groups excluding carboxylic acids is 2. The number of imide groups is 1. The summed E-state index contributed by atoms with van der Waals surface area (Å²) in [5.41, 5.74) is 7.51. The molecular formula is C19H17N3O3. The molecular weight excluding hydrogens is 318 g/mol. The molecule has 0 radical (unpaired) electrons. The molecule has 0 unspecified atom stereocenters. The topological polar surface area (TPSA) is 105 Å². The van der Waals surface area contributed by atoms with Crippen LogP contribution >= 0.6 is 0 Å². The lowest BCUT2D eigenvalue weighted by Crippen LogP contribution is -2.35. The predicted octanol–water partition coefficient (Wildman–Crippen LogP) is 2.68. The van der Waals surface area contributed by atoms with Crippen LogP contribution in [0.15, 0.2) is 54.1 Å². The molecule has 3 amide bonds. The second-order valence-corrected chi connectivity index (χ2v) is 5.33. The van der Waals surface area contributed by atoms with Crippen molar-refractivity contribution >= 4 is 18.0 Å². The zero-order chi connectivity index (χ0) is 18.2. The number of nitriles is 1. The van der Waals surface area contributed by atoms with E-state index in [9.17, 15) is 9.59 Å². The molecule has 0 aliphatic carbocycles. The highest BCUT2D eigenvalue weighted by Gasteiger charge is 2.10. The standard InChI is InChI=1S/C19H17N3O3/c1-13-3-2-4-15(9-13)12-25-17-7-5-14(6-8-17)10-16(11-20)18(23)22-19(21)24/h2-10H,12H2,1H3,(H3,21,22,23,24)/b16-10-. The molecule has 0 saturated carbocycles. The molecule has 2 aromatic carbocycles. The molecule has 6 nitrogen and oxygen atoms in total. The van der Waals surface area contributed by atoms with Crippen molar-refractivity contribution in [1.82, 2.24) is 5.32 Å². The fourth-order valence-corrected chi connectivity index (χ4v) is 2.12. The molecule has 6 heteroatoms. The van der Waals surface area contributed by atoms with E-state index in [0.717, 1.165) is 5.56 Å². The lowest BCUT2D eigenvalue weighted by Gasteiger charge is -2.07. The third-order valence-corrected chi connectivity index (χ3v) is 3.28. The van der Waals surface area contributed by atoms with Gasteiger partial charge in [-0.05, 0) is 36.3 Å². The van der Waals surface area contributed by atoms with E-state index in [-0.39, 0.29) is 5.57 Å². The van der Waals surface area contributed by atoms with Crippen LogP contribution in [0.5, 0.6) is 5.75 Å². The Balaban J connectivity index is 2.03. The van der Waals surface area contributed by atoms with Gasteiger partial charge in [-0.1, -0.05) is 42.0 Å². The minimum absolute atomic E-state index is 0.216. The molecule has 2 rings (SSSR count). The Kier molecular flexibility index (Phi) is 5.91. The zero-order valence-corrected chi connectivity index (χ0v) is 13.7. The Morgan fingerprint density at radius 2 is 1.96 bits per heavy atom. The van der Waals surface area contributed by atoms with Gasteiger partial charge in [-0.15, -0.1) is 0 Å². The molecule has 2 aromatic rings. The van der Waals surface area contributed by atoms with Gasteiger partial charge in [0.1, 0.15) is 24.0 Å². The van der Waals surface area contributed by atoms with Crippen molar-refractivity contribution in [2.75, 3.05) is 0 Å². The van der Waals surface area contributed by atoms with E-state index in [4.69, 9.17) is 15.7 Å². The van der Waals surface area contributed by atoms with E-state index < -0.39 is 11.9 Å². The van der Waals surface area contributed by atoms with Crippen molar-refractivity contribution in [3.05, 3.63) is 70.8 Å².